The molecule has 1 aliphatic carbocycles. The van der Waals surface area contributed by atoms with Gasteiger partial charge in [-0.1, -0.05) is 12.2 Å². The molecule has 4 rings (SSSR count). The highest BCUT2D eigenvalue weighted by Crippen LogP contribution is 2.35. The molecule has 0 amide bonds. The molecular weight excluding hydrogens is 327 g/mol. The van der Waals surface area contributed by atoms with Crippen molar-refractivity contribution in [3.63, 3.8) is 0 Å². The molecule has 3 aliphatic rings. The van der Waals surface area contributed by atoms with Crippen molar-refractivity contribution >= 4 is 5.57 Å². The molecule has 5 heteroatoms. The maximum atomic E-state index is 14.5. The van der Waals surface area contributed by atoms with Crippen LogP contribution in [0.15, 0.2) is 48.3 Å². The number of halogens is 1. The molecule has 0 radical (unpaired) electrons. The molecule has 1 aromatic carbocycles. The summed E-state index contributed by atoms with van der Waals surface area (Å²) in [4.78, 5) is 0. The quantitative estimate of drug-likeness (QED) is 0.784. The lowest BCUT2D eigenvalue weighted by Crippen LogP contribution is -2.44. The van der Waals surface area contributed by atoms with Crippen molar-refractivity contribution in [2.45, 2.75) is 18.9 Å². The van der Waals surface area contributed by atoms with Gasteiger partial charge < -0.3 is 16.0 Å². The summed E-state index contributed by atoms with van der Waals surface area (Å²) < 4.78 is 14.5. The summed E-state index contributed by atoms with van der Waals surface area (Å²) in [6.07, 6.45) is 10.5. The number of nitrogens with one attached hydrogen (secondary N) is 3. The molecule has 1 fully saturated rings. The number of piperidine rings is 1. The second kappa shape index (κ2) is 7.35. The fraction of sp³-hybridized carbons (Fsp3) is 0.381. The van der Waals surface area contributed by atoms with Crippen LogP contribution in [-0.2, 0) is 0 Å². The van der Waals surface area contributed by atoms with E-state index in [2.05, 4.69) is 40.2 Å². The molecule has 4 nitrogen and oxygen atoms in total. The number of benzene rings is 1. The van der Waals surface area contributed by atoms with Crippen LogP contribution in [0.1, 0.15) is 24.0 Å². The van der Waals surface area contributed by atoms with Gasteiger partial charge in [-0.25, -0.2) is 4.39 Å². The highest BCUT2D eigenvalue weighted by molar-refractivity contribution is 5.77. The number of allylic oxidation sites excluding steroid dienone is 4. The van der Waals surface area contributed by atoms with Gasteiger partial charge in [0.2, 0.25) is 0 Å². The number of hydrogen-bond donors (Lipinski definition) is 3. The Hall–Kier alpha value is -2.58. The molecule has 1 saturated heterocycles. The predicted octanol–water partition coefficient (Wildman–Crippen LogP) is 2.67. The van der Waals surface area contributed by atoms with Gasteiger partial charge in [0, 0.05) is 35.7 Å². The van der Waals surface area contributed by atoms with Gasteiger partial charge in [0.05, 0.1) is 11.6 Å². The van der Waals surface area contributed by atoms with E-state index in [0.717, 1.165) is 43.7 Å². The average molecular weight is 350 g/mol. The Kier molecular flexibility index (Phi) is 4.77. The standard InChI is InChI=1S/C21H23FN4/c22-20-2-1-14(12-23)9-18(20)16-10-15-3-6-25-13-19(15)21(11-16)26-17-4-7-24-8-5-17/h1-3,6,9-11,15,17,19,24-26H,4-5,7-8,13H2. The van der Waals surface area contributed by atoms with Crippen molar-refractivity contribution in [3.05, 3.63) is 65.3 Å². The third kappa shape index (κ3) is 3.38. The molecule has 0 saturated carbocycles. The van der Waals surface area contributed by atoms with E-state index >= 15 is 0 Å². The zero-order valence-corrected chi connectivity index (χ0v) is 14.6. The first-order valence-electron chi connectivity index (χ1n) is 9.25. The first-order valence-corrected chi connectivity index (χ1v) is 9.25. The minimum absolute atomic E-state index is 0.227. The van der Waals surface area contributed by atoms with Crippen LogP contribution in [-0.4, -0.2) is 25.7 Å². The van der Waals surface area contributed by atoms with Gasteiger partial charge in [0.1, 0.15) is 5.82 Å². The van der Waals surface area contributed by atoms with Crippen LogP contribution in [0.2, 0.25) is 0 Å². The normalized spacial score (nSPS) is 25.4. The lowest BCUT2D eigenvalue weighted by molar-refractivity contribution is 0.372. The molecule has 2 atom stereocenters. The van der Waals surface area contributed by atoms with Gasteiger partial charge >= 0.3 is 0 Å². The van der Waals surface area contributed by atoms with E-state index in [1.54, 1.807) is 6.07 Å². The number of hydrogen-bond acceptors (Lipinski definition) is 4. The van der Waals surface area contributed by atoms with Crippen molar-refractivity contribution in [1.82, 2.24) is 16.0 Å². The monoisotopic (exact) mass is 350 g/mol. The number of nitrogens with zero attached hydrogens (tertiary/aromatic N) is 1. The number of fused-ring (bicyclic) bond motifs is 1. The predicted molar refractivity (Wildman–Crippen MR) is 100 cm³/mol. The van der Waals surface area contributed by atoms with Crippen LogP contribution >= 0.6 is 0 Å². The Morgan fingerprint density at radius 2 is 2.08 bits per heavy atom. The number of nitriles is 1. The summed E-state index contributed by atoms with van der Waals surface area (Å²) in [6, 6.07) is 7.10. The summed E-state index contributed by atoms with van der Waals surface area (Å²) in [6.45, 7) is 2.92. The summed E-state index contributed by atoms with van der Waals surface area (Å²) in [5.74, 6) is 0.274. The van der Waals surface area contributed by atoms with Crippen molar-refractivity contribution < 1.29 is 4.39 Å². The molecule has 134 valence electrons. The minimum Gasteiger partial charge on any atom is -0.390 e. The molecule has 26 heavy (non-hydrogen) atoms. The highest BCUT2D eigenvalue weighted by Gasteiger charge is 2.30. The van der Waals surface area contributed by atoms with Gasteiger partial charge in [0.15, 0.2) is 0 Å². The van der Waals surface area contributed by atoms with E-state index in [-0.39, 0.29) is 11.7 Å². The van der Waals surface area contributed by atoms with Gasteiger partial charge in [-0.05, 0) is 62.0 Å². The van der Waals surface area contributed by atoms with Crippen LogP contribution in [0.25, 0.3) is 5.57 Å². The summed E-state index contributed by atoms with van der Waals surface area (Å²) in [5.41, 5.74) is 2.99. The Morgan fingerprint density at radius 3 is 2.88 bits per heavy atom. The largest absolute Gasteiger partial charge is 0.390 e. The molecule has 0 bridgehead atoms. The molecule has 1 aromatic rings. The van der Waals surface area contributed by atoms with Gasteiger partial charge in [0.25, 0.3) is 0 Å². The molecule has 0 aromatic heterocycles. The smallest absolute Gasteiger partial charge is 0.131 e. The molecule has 2 heterocycles. The second-order valence-corrected chi connectivity index (χ2v) is 7.15. The third-order valence-corrected chi connectivity index (χ3v) is 5.44. The van der Waals surface area contributed by atoms with E-state index in [1.807, 2.05) is 6.20 Å². The maximum absolute atomic E-state index is 14.5. The van der Waals surface area contributed by atoms with Gasteiger partial charge in [-0.15, -0.1) is 0 Å². The lowest BCUT2D eigenvalue weighted by Gasteiger charge is -2.36. The Morgan fingerprint density at radius 1 is 1.23 bits per heavy atom. The SMILES string of the molecule is N#Cc1ccc(F)c(C2=CC3C=CNCC3C(NC3CCNCC3)=C2)c1. The van der Waals surface area contributed by atoms with E-state index < -0.39 is 0 Å². The third-order valence-electron chi connectivity index (χ3n) is 5.44. The molecular formula is C21H23FN4. The van der Waals surface area contributed by atoms with Crippen LogP contribution in [0, 0.1) is 29.0 Å². The average Bonchev–Trinajstić information content (AvgIpc) is 2.69. The van der Waals surface area contributed by atoms with Crippen LogP contribution in [0.5, 0.6) is 0 Å². The first-order chi connectivity index (χ1) is 12.7. The maximum Gasteiger partial charge on any atom is 0.131 e. The van der Waals surface area contributed by atoms with Crippen LogP contribution in [0.3, 0.4) is 0 Å². The Balaban J connectivity index is 1.69. The number of rotatable bonds is 3. The summed E-state index contributed by atoms with van der Waals surface area (Å²) >= 11 is 0. The zero-order chi connectivity index (χ0) is 17.9. The van der Waals surface area contributed by atoms with E-state index in [1.165, 1.54) is 12.1 Å². The fourth-order valence-electron chi connectivity index (χ4n) is 4.00. The minimum atomic E-state index is -0.288. The molecule has 0 spiro atoms. The van der Waals surface area contributed by atoms with E-state index in [0.29, 0.717) is 23.1 Å². The van der Waals surface area contributed by atoms with Crippen molar-refractivity contribution in [3.8, 4) is 6.07 Å². The Bertz CT molecular complexity index is 812. The topological polar surface area (TPSA) is 59.9 Å². The Labute approximate surface area is 153 Å². The van der Waals surface area contributed by atoms with Gasteiger partial charge in [-0.3, -0.25) is 0 Å². The molecule has 2 unspecified atom stereocenters. The van der Waals surface area contributed by atoms with Crippen LogP contribution in [0.4, 0.5) is 4.39 Å². The second-order valence-electron chi connectivity index (χ2n) is 7.15. The van der Waals surface area contributed by atoms with Crippen LogP contribution < -0.4 is 16.0 Å². The van der Waals surface area contributed by atoms with Crippen molar-refractivity contribution in [1.29, 1.82) is 5.26 Å². The van der Waals surface area contributed by atoms with Gasteiger partial charge in [-0.2, -0.15) is 5.26 Å². The lowest BCUT2D eigenvalue weighted by atomic mass is 9.79. The summed E-state index contributed by atoms with van der Waals surface area (Å²) in [7, 11) is 0. The molecule has 3 N–H and O–H groups in total. The van der Waals surface area contributed by atoms with E-state index in [9.17, 15) is 4.39 Å². The van der Waals surface area contributed by atoms with Crippen molar-refractivity contribution in [2.75, 3.05) is 19.6 Å². The van der Waals surface area contributed by atoms with E-state index in [4.69, 9.17) is 5.26 Å². The zero-order valence-electron chi connectivity index (χ0n) is 14.6. The molecule has 2 aliphatic heterocycles. The fourth-order valence-corrected chi connectivity index (χ4v) is 4.00. The highest BCUT2D eigenvalue weighted by atomic mass is 19.1. The first kappa shape index (κ1) is 16.9. The van der Waals surface area contributed by atoms with Crippen molar-refractivity contribution in [2.24, 2.45) is 11.8 Å². The summed E-state index contributed by atoms with van der Waals surface area (Å²) in [5, 5.41) is 19.6.